The van der Waals surface area contributed by atoms with E-state index < -0.39 is 0 Å². The molecule has 0 aromatic carbocycles. The molecule has 2 bridgehead atoms. The van der Waals surface area contributed by atoms with Crippen LogP contribution in [0.4, 0.5) is 0 Å². The molecule has 0 radical (unpaired) electrons. The summed E-state index contributed by atoms with van der Waals surface area (Å²) in [6.45, 7) is 0. The Morgan fingerprint density at radius 2 is 2.08 bits per heavy atom. The molecule has 1 heteroatoms. The van der Waals surface area contributed by atoms with Crippen molar-refractivity contribution in [1.82, 2.24) is 0 Å². The van der Waals surface area contributed by atoms with Crippen molar-refractivity contribution in [3.63, 3.8) is 0 Å². The van der Waals surface area contributed by atoms with Crippen molar-refractivity contribution in [3.8, 4) is 0 Å². The third kappa shape index (κ3) is 0.720. The highest BCUT2D eigenvalue weighted by atomic mass is 16.1. The molecule has 1 nitrogen and oxygen atoms in total. The van der Waals surface area contributed by atoms with Crippen LogP contribution in [0.25, 0.3) is 0 Å². The first-order valence-electron chi connectivity index (χ1n) is 5.06. The van der Waals surface area contributed by atoms with Crippen molar-refractivity contribution >= 4 is 5.78 Å². The highest BCUT2D eigenvalue weighted by molar-refractivity contribution is 5.93. The first-order valence-corrected chi connectivity index (χ1v) is 5.06. The summed E-state index contributed by atoms with van der Waals surface area (Å²) in [5, 5.41) is 0. The summed E-state index contributed by atoms with van der Waals surface area (Å²) < 4.78 is 0. The van der Waals surface area contributed by atoms with Crippen LogP contribution < -0.4 is 0 Å². The standard InChI is InChI=1S/C11H14O/c12-10-3-1-2-9-7-4-5-8(6-7)11(9)10/h1,3,7-9,11H,2,4-6H2. The molecule has 0 aromatic rings. The van der Waals surface area contributed by atoms with Crippen LogP contribution in [0.1, 0.15) is 25.7 Å². The van der Waals surface area contributed by atoms with Crippen molar-refractivity contribution in [1.29, 1.82) is 0 Å². The zero-order chi connectivity index (χ0) is 8.13. The molecule has 2 fully saturated rings. The molecule has 0 spiro atoms. The molecular formula is C11H14O. The van der Waals surface area contributed by atoms with Crippen LogP contribution in [-0.2, 0) is 4.79 Å². The van der Waals surface area contributed by atoms with Gasteiger partial charge in [0.05, 0.1) is 0 Å². The lowest BCUT2D eigenvalue weighted by atomic mass is 9.73. The average Bonchev–Trinajstić information content (AvgIpc) is 2.64. The highest BCUT2D eigenvalue weighted by Gasteiger charge is 2.50. The summed E-state index contributed by atoms with van der Waals surface area (Å²) in [6, 6.07) is 0. The maximum absolute atomic E-state index is 11.6. The molecule has 3 aliphatic carbocycles. The minimum Gasteiger partial charge on any atom is -0.295 e. The first-order chi connectivity index (χ1) is 5.86. The summed E-state index contributed by atoms with van der Waals surface area (Å²) >= 11 is 0. The Morgan fingerprint density at radius 1 is 1.25 bits per heavy atom. The van der Waals surface area contributed by atoms with E-state index >= 15 is 0 Å². The Morgan fingerprint density at radius 3 is 2.92 bits per heavy atom. The normalized spacial score (nSPS) is 49.8. The van der Waals surface area contributed by atoms with Crippen LogP contribution in [-0.4, -0.2) is 5.78 Å². The topological polar surface area (TPSA) is 17.1 Å². The summed E-state index contributed by atoms with van der Waals surface area (Å²) in [4.78, 5) is 11.6. The molecule has 4 atom stereocenters. The zero-order valence-corrected chi connectivity index (χ0v) is 7.20. The van der Waals surface area contributed by atoms with Crippen molar-refractivity contribution in [2.24, 2.45) is 23.7 Å². The molecule has 0 N–H and O–H groups in total. The van der Waals surface area contributed by atoms with Crippen LogP contribution >= 0.6 is 0 Å². The second-order valence-corrected chi connectivity index (χ2v) is 4.56. The molecule has 0 amide bonds. The fraction of sp³-hybridized carbons (Fsp3) is 0.727. The summed E-state index contributed by atoms with van der Waals surface area (Å²) in [5.41, 5.74) is 0. The third-order valence-corrected chi connectivity index (χ3v) is 4.11. The molecule has 3 rings (SSSR count). The molecule has 2 saturated carbocycles. The first kappa shape index (κ1) is 6.88. The number of carbonyl (C=O) groups is 1. The number of ketones is 1. The molecule has 0 heterocycles. The molecule has 12 heavy (non-hydrogen) atoms. The van der Waals surface area contributed by atoms with E-state index in [2.05, 4.69) is 6.08 Å². The van der Waals surface area contributed by atoms with Crippen LogP contribution in [0.15, 0.2) is 12.2 Å². The fourth-order valence-electron chi connectivity index (χ4n) is 3.65. The minimum atomic E-state index is 0.429. The maximum atomic E-state index is 11.6. The largest absolute Gasteiger partial charge is 0.295 e. The van der Waals surface area contributed by atoms with E-state index in [1.54, 1.807) is 0 Å². The Labute approximate surface area is 72.8 Å². The summed E-state index contributed by atoms with van der Waals surface area (Å²) in [7, 11) is 0. The molecule has 0 saturated heterocycles. The number of allylic oxidation sites excluding steroid dienone is 2. The molecule has 0 aromatic heterocycles. The van der Waals surface area contributed by atoms with Gasteiger partial charge in [-0.25, -0.2) is 0 Å². The summed E-state index contributed by atoms with van der Waals surface area (Å²) in [6.07, 6.45) is 9.16. The fourth-order valence-corrected chi connectivity index (χ4v) is 3.65. The predicted molar refractivity (Wildman–Crippen MR) is 46.6 cm³/mol. The van der Waals surface area contributed by atoms with Crippen LogP contribution in [0.3, 0.4) is 0 Å². The maximum Gasteiger partial charge on any atom is 0.159 e. The van der Waals surface area contributed by atoms with E-state index in [0.717, 1.165) is 17.8 Å². The van der Waals surface area contributed by atoms with E-state index in [9.17, 15) is 4.79 Å². The van der Waals surface area contributed by atoms with E-state index in [1.165, 1.54) is 25.7 Å². The highest BCUT2D eigenvalue weighted by Crippen LogP contribution is 2.54. The quantitative estimate of drug-likeness (QED) is 0.533. The van der Waals surface area contributed by atoms with Gasteiger partial charge < -0.3 is 0 Å². The van der Waals surface area contributed by atoms with Gasteiger partial charge in [0.2, 0.25) is 0 Å². The molecule has 4 unspecified atom stereocenters. The Bertz CT molecular complexity index is 254. The number of carbonyl (C=O) groups excluding carboxylic acids is 1. The minimum absolute atomic E-state index is 0.429. The monoisotopic (exact) mass is 162 g/mol. The molecular weight excluding hydrogens is 148 g/mol. The number of fused-ring (bicyclic) bond motifs is 5. The van der Waals surface area contributed by atoms with Crippen molar-refractivity contribution in [2.45, 2.75) is 25.7 Å². The second-order valence-electron chi connectivity index (χ2n) is 4.56. The SMILES string of the molecule is O=C1C=CCC2C3CCC(C3)C12. The molecule has 3 aliphatic rings. The van der Waals surface area contributed by atoms with Gasteiger partial charge in [-0.2, -0.15) is 0 Å². The predicted octanol–water partition coefficient (Wildman–Crippen LogP) is 2.18. The van der Waals surface area contributed by atoms with Crippen LogP contribution in [0, 0.1) is 23.7 Å². The Balaban J connectivity index is 1.98. The lowest BCUT2D eigenvalue weighted by Gasteiger charge is -2.30. The van der Waals surface area contributed by atoms with E-state index in [4.69, 9.17) is 0 Å². The number of hydrogen-bond acceptors (Lipinski definition) is 1. The van der Waals surface area contributed by atoms with Gasteiger partial charge in [0, 0.05) is 5.92 Å². The number of rotatable bonds is 0. The second kappa shape index (κ2) is 2.21. The van der Waals surface area contributed by atoms with Crippen LogP contribution in [0.2, 0.25) is 0 Å². The van der Waals surface area contributed by atoms with Gasteiger partial charge in [-0.1, -0.05) is 6.08 Å². The average molecular weight is 162 g/mol. The summed E-state index contributed by atoms with van der Waals surface area (Å²) in [5.74, 6) is 3.26. The third-order valence-electron chi connectivity index (χ3n) is 4.11. The van der Waals surface area contributed by atoms with Gasteiger partial charge in [0.1, 0.15) is 0 Å². The van der Waals surface area contributed by atoms with Crippen molar-refractivity contribution in [3.05, 3.63) is 12.2 Å². The smallest absolute Gasteiger partial charge is 0.159 e. The zero-order valence-electron chi connectivity index (χ0n) is 7.20. The lowest BCUT2D eigenvalue weighted by Crippen LogP contribution is -2.30. The van der Waals surface area contributed by atoms with Gasteiger partial charge in [0.15, 0.2) is 5.78 Å². The molecule has 64 valence electrons. The van der Waals surface area contributed by atoms with E-state index in [-0.39, 0.29) is 0 Å². The lowest BCUT2D eigenvalue weighted by molar-refractivity contribution is -0.121. The van der Waals surface area contributed by atoms with Crippen molar-refractivity contribution in [2.75, 3.05) is 0 Å². The van der Waals surface area contributed by atoms with E-state index in [1.807, 2.05) is 6.08 Å². The van der Waals surface area contributed by atoms with Gasteiger partial charge >= 0.3 is 0 Å². The van der Waals surface area contributed by atoms with Gasteiger partial charge in [-0.05, 0) is 49.5 Å². The Kier molecular flexibility index (Phi) is 1.27. The Hall–Kier alpha value is -0.590. The van der Waals surface area contributed by atoms with Gasteiger partial charge in [0.25, 0.3) is 0 Å². The molecule has 0 aliphatic heterocycles. The number of hydrogen-bond donors (Lipinski definition) is 0. The van der Waals surface area contributed by atoms with Gasteiger partial charge in [-0.15, -0.1) is 0 Å². The van der Waals surface area contributed by atoms with Crippen molar-refractivity contribution < 1.29 is 4.79 Å². The van der Waals surface area contributed by atoms with Crippen LogP contribution in [0.5, 0.6) is 0 Å². The van der Waals surface area contributed by atoms with Gasteiger partial charge in [-0.3, -0.25) is 4.79 Å². The van der Waals surface area contributed by atoms with E-state index in [0.29, 0.717) is 11.7 Å².